The molecule has 0 saturated heterocycles. The van der Waals surface area contributed by atoms with Gasteiger partial charge in [0.1, 0.15) is 11.5 Å². The molecule has 0 aliphatic heterocycles. The zero-order valence-electron chi connectivity index (χ0n) is 15.9. The average Bonchev–Trinajstić information content (AvgIpc) is 2.74. The van der Waals surface area contributed by atoms with Gasteiger partial charge in [0.15, 0.2) is 0 Å². The van der Waals surface area contributed by atoms with Crippen LogP contribution in [0.2, 0.25) is 0 Å². The second-order valence-corrected chi connectivity index (χ2v) is 6.35. The Balaban J connectivity index is 1.74. The Kier molecular flexibility index (Phi) is 6.07. The van der Waals surface area contributed by atoms with Crippen molar-refractivity contribution in [2.24, 2.45) is 0 Å². The molecule has 0 spiro atoms. The lowest BCUT2D eigenvalue weighted by molar-refractivity contribution is 0.0782. The summed E-state index contributed by atoms with van der Waals surface area (Å²) in [4.78, 5) is 26.2. The van der Waals surface area contributed by atoms with Gasteiger partial charge in [0, 0.05) is 26.2 Å². The molecule has 5 heteroatoms. The van der Waals surface area contributed by atoms with Gasteiger partial charge in [-0.3, -0.25) is 9.59 Å². The van der Waals surface area contributed by atoms with Crippen LogP contribution in [-0.2, 0) is 6.54 Å². The Morgan fingerprint density at radius 1 is 0.893 bits per heavy atom. The van der Waals surface area contributed by atoms with Gasteiger partial charge in [-0.15, -0.1) is 0 Å². The summed E-state index contributed by atoms with van der Waals surface area (Å²) in [6.07, 6.45) is 0. The van der Waals surface area contributed by atoms with E-state index in [1.165, 1.54) is 0 Å². The second kappa shape index (κ2) is 8.86. The maximum atomic E-state index is 13.0. The summed E-state index contributed by atoms with van der Waals surface area (Å²) in [5.74, 6) is 0.917. The van der Waals surface area contributed by atoms with Crippen LogP contribution in [-0.4, -0.2) is 30.8 Å². The quantitative estimate of drug-likeness (QED) is 0.706. The van der Waals surface area contributed by atoms with Gasteiger partial charge in [0.25, 0.3) is 11.8 Å². The summed E-state index contributed by atoms with van der Waals surface area (Å²) in [5.41, 5.74) is 2.02. The van der Waals surface area contributed by atoms with Crippen LogP contribution < -0.4 is 10.1 Å². The number of rotatable bonds is 6. The van der Waals surface area contributed by atoms with E-state index >= 15 is 0 Å². The molecular weight excluding hydrogens is 352 g/mol. The third kappa shape index (κ3) is 4.57. The van der Waals surface area contributed by atoms with Gasteiger partial charge in [-0.05, 0) is 42.0 Å². The van der Waals surface area contributed by atoms with Gasteiger partial charge < -0.3 is 15.0 Å². The number of hydrogen-bond donors (Lipinski definition) is 1. The molecule has 5 nitrogen and oxygen atoms in total. The first-order chi connectivity index (χ1) is 13.6. The van der Waals surface area contributed by atoms with E-state index in [1.54, 1.807) is 43.3 Å². The number of hydrogen-bond acceptors (Lipinski definition) is 3. The van der Waals surface area contributed by atoms with Gasteiger partial charge in [0.2, 0.25) is 0 Å². The van der Waals surface area contributed by atoms with Crippen molar-refractivity contribution in [1.29, 1.82) is 0 Å². The van der Waals surface area contributed by atoms with E-state index in [-0.39, 0.29) is 11.8 Å². The first-order valence-electron chi connectivity index (χ1n) is 8.97. The lowest BCUT2D eigenvalue weighted by Crippen LogP contribution is -2.26. The number of nitrogens with one attached hydrogen (secondary N) is 1. The Hall–Kier alpha value is -3.60. The highest BCUT2D eigenvalue weighted by molar-refractivity contribution is 5.97. The highest BCUT2D eigenvalue weighted by Gasteiger charge is 2.17. The fourth-order valence-corrected chi connectivity index (χ4v) is 2.80. The van der Waals surface area contributed by atoms with Crippen LogP contribution in [0.5, 0.6) is 11.5 Å². The summed E-state index contributed by atoms with van der Waals surface area (Å²) in [6, 6.07) is 23.8. The summed E-state index contributed by atoms with van der Waals surface area (Å²) >= 11 is 0. The Morgan fingerprint density at radius 2 is 1.54 bits per heavy atom. The van der Waals surface area contributed by atoms with Crippen molar-refractivity contribution in [3.63, 3.8) is 0 Å². The lowest BCUT2D eigenvalue weighted by Gasteiger charge is -2.19. The molecule has 0 aliphatic carbocycles. The van der Waals surface area contributed by atoms with Crippen molar-refractivity contribution >= 4 is 11.8 Å². The number of ether oxygens (including phenoxy) is 1. The van der Waals surface area contributed by atoms with E-state index in [1.807, 2.05) is 54.6 Å². The van der Waals surface area contributed by atoms with E-state index in [9.17, 15) is 9.59 Å². The molecule has 3 aromatic rings. The molecule has 3 rings (SSSR count). The molecule has 0 aliphatic rings. The first kappa shape index (κ1) is 19.2. The molecule has 3 aromatic carbocycles. The molecule has 0 bridgehead atoms. The van der Waals surface area contributed by atoms with E-state index < -0.39 is 0 Å². The molecule has 142 valence electrons. The number of para-hydroxylation sites is 2. The molecule has 0 radical (unpaired) electrons. The smallest absolute Gasteiger partial charge is 0.257 e. The molecule has 0 aromatic heterocycles. The van der Waals surface area contributed by atoms with Crippen LogP contribution in [0.3, 0.4) is 0 Å². The fourth-order valence-electron chi connectivity index (χ4n) is 2.80. The number of nitrogens with zero attached hydrogens (tertiary/aromatic N) is 1. The predicted molar refractivity (Wildman–Crippen MR) is 109 cm³/mol. The molecule has 0 fully saturated rings. The standard InChI is InChI=1S/C23H22N2O3/c1-24-22(26)18-14-12-17(13-15-18)16-25(2)23(27)20-10-6-7-11-21(20)28-19-8-4-3-5-9-19/h3-15H,16H2,1-2H3,(H,24,26). The lowest BCUT2D eigenvalue weighted by atomic mass is 10.1. The van der Waals surface area contributed by atoms with Gasteiger partial charge in [-0.2, -0.15) is 0 Å². The fraction of sp³-hybridized carbons (Fsp3) is 0.130. The normalized spacial score (nSPS) is 10.2. The molecule has 0 atom stereocenters. The molecule has 28 heavy (non-hydrogen) atoms. The summed E-state index contributed by atoms with van der Waals surface area (Å²) in [5, 5.41) is 2.59. The van der Waals surface area contributed by atoms with E-state index in [2.05, 4.69) is 5.32 Å². The summed E-state index contributed by atoms with van der Waals surface area (Å²) in [7, 11) is 3.34. The number of amides is 2. The van der Waals surface area contributed by atoms with Crippen LogP contribution in [0.4, 0.5) is 0 Å². The van der Waals surface area contributed by atoms with E-state index in [0.717, 1.165) is 5.56 Å². The number of carbonyl (C=O) groups is 2. The van der Waals surface area contributed by atoms with Gasteiger partial charge in [0.05, 0.1) is 5.56 Å². The van der Waals surface area contributed by atoms with Crippen molar-refractivity contribution in [2.45, 2.75) is 6.54 Å². The maximum absolute atomic E-state index is 13.0. The molecule has 2 amide bonds. The zero-order chi connectivity index (χ0) is 19.9. The predicted octanol–water partition coefficient (Wildman–Crippen LogP) is 4.11. The minimum Gasteiger partial charge on any atom is -0.457 e. The minimum absolute atomic E-state index is 0.136. The largest absolute Gasteiger partial charge is 0.457 e. The third-order valence-electron chi connectivity index (χ3n) is 4.30. The first-order valence-corrected chi connectivity index (χ1v) is 8.97. The van der Waals surface area contributed by atoms with Crippen LogP contribution in [0.1, 0.15) is 26.3 Å². The van der Waals surface area contributed by atoms with Crippen molar-refractivity contribution in [2.75, 3.05) is 14.1 Å². The Bertz CT molecular complexity index is 953. The van der Waals surface area contributed by atoms with Crippen molar-refractivity contribution in [1.82, 2.24) is 10.2 Å². The minimum atomic E-state index is -0.137. The second-order valence-electron chi connectivity index (χ2n) is 6.35. The van der Waals surface area contributed by atoms with Crippen LogP contribution in [0, 0.1) is 0 Å². The van der Waals surface area contributed by atoms with Gasteiger partial charge >= 0.3 is 0 Å². The summed E-state index contributed by atoms with van der Waals surface area (Å²) in [6.45, 7) is 0.423. The van der Waals surface area contributed by atoms with Crippen LogP contribution in [0.15, 0.2) is 78.9 Å². The Labute approximate surface area is 164 Å². The number of carbonyl (C=O) groups excluding carboxylic acids is 2. The number of benzene rings is 3. The molecule has 0 heterocycles. The highest BCUT2D eigenvalue weighted by Crippen LogP contribution is 2.26. The monoisotopic (exact) mass is 374 g/mol. The highest BCUT2D eigenvalue weighted by atomic mass is 16.5. The maximum Gasteiger partial charge on any atom is 0.257 e. The molecule has 1 N–H and O–H groups in total. The van der Waals surface area contributed by atoms with Crippen molar-refractivity contribution in [3.8, 4) is 11.5 Å². The van der Waals surface area contributed by atoms with Crippen LogP contribution >= 0.6 is 0 Å². The summed E-state index contributed by atoms with van der Waals surface area (Å²) < 4.78 is 5.89. The Morgan fingerprint density at radius 3 is 2.21 bits per heavy atom. The topological polar surface area (TPSA) is 58.6 Å². The molecule has 0 saturated carbocycles. The van der Waals surface area contributed by atoms with Gasteiger partial charge in [-0.25, -0.2) is 0 Å². The molecule has 0 unspecified atom stereocenters. The SMILES string of the molecule is CNC(=O)c1ccc(CN(C)C(=O)c2ccccc2Oc2ccccc2)cc1. The van der Waals surface area contributed by atoms with Crippen molar-refractivity contribution in [3.05, 3.63) is 95.6 Å². The average molecular weight is 374 g/mol. The van der Waals surface area contributed by atoms with Crippen molar-refractivity contribution < 1.29 is 14.3 Å². The molecular formula is C23H22N2O3. The third-order valence-corrected chi connectivity index (χ3v) is 4.30. The van der Waals surface area contributed by atoms with E-state index in [4.69, 9.17) is 4.74 Å². The van der Waals surface area contributed by atoms with Gasteiger partial charge in [-0.1, -0.05) is 42.5 Å². The zero-order valence-corrected chi connectivity index (χ0v) is 15.9. The van der Waals surface area contributed by atoms with Crippen LogP contribution in [0.25, 0.3) is 0 Å². The van der Waals surface area contributed by atoms with E-state index in [0.29, 0.717) is 29.2 Å².